The summed E-state index contributed by atoms with van der Waals surface area (Å²) in [5, 5.41) is 3.34. The number of likely N-dealkylation sites (tertiary alicyclic amines) is 1. The molecule has 162 valence electrons. The molecule has 0 unspecified atom stereocenters. The van der Waals surface area contributed by atoms with Crippen molar-refractivity contribution in [1.82, 2.24) is 9.88 Å². The molecule has 1 aliphatic rings. The zero-order valence-electron chi connectivity index (χ0n) is 17.6. The molecule has 0 bridgehead atoms. The first kappa shape index (κ1) is 21.6. The van der Waals surface area contributed by atoms with Crippen LogP contribution in [0.3, 0.4) is 0 Å². The Morgan fingerprint density at radius 3 is 2.61 bits per heavy atom. The third-order valence-corrected chi connectivity index (χ3v) is 6.66. The molecule has 1 N–H and O–H groups in total. The number of carbonyl (C=O) groups excluding carboxylic acids is 2. The third-order valence-electron chi connectivity index (χ3n) is 5.73. The number of hydrogen-bond acceptors (Lipinski definition) is 5. The summed E-state index contributed by atoms with van der Waals surface area (Å²) >= 11 is 1.45. The molecule has 3 aromatic rings. The summed E-state index contributed by atoms with van der Waals surface area (Å²) in [4.78, 5) is 31.4. The first-order valence-corrected chi connectivity index (χ1v) is 11.5. The van der Waals surface area contributed by atoms with Crippen LogP contribution < -0.4 is 5.32 Å². The Kier molecular flexibility index (Phi) is 6.73. The molecule has 0 aliphatic carbocycles. The van der Waals surface area contributed by atoms with Gasteiger partial charge in [-0.05, 0) is 73.8 Å². The average Bonchev–Trinajstić information content (AvgIpc) is 3.15. The molecule has 0 atom stereocenters. The van der Waals surface area contributed by atoms with E-state index in [-0.39, 0.29) is 30.3 Å². The number of carbonyl (C=O) groups is 2. The van der Waals surface area contributed by atoms with Crippen LogP contribution in [0.4, 0.5) is 9.52 Å². The van der Waals surface area contributed by atoms with Gasteiger partial charge in [0.1, 0.15) is 5.82 Å². The van der Waals surface area contributed by atoms with Crippen LogP contribution in [-0.2, 0) is 11.3 Å². The number of nitrogens with zero attached hydrogens (tertiary/aromatic N) is 2. The minimum absolute atomic E-state index is 0.0603. The van der Waals surface area contributed by atoms with Gasteiger partial charge in [0.05, 0.1) is 10.2 Å². The summed E-state index contributed by atoms with van der Waals surface area (Å²) in [5.41, 5.74) is 2.53. The molecule has 2 heterocycles. The predicted molar refractivity (Wildman–Crippen MR) is 122 cm³/mol. The molecule has 2 aromatic carbocycles. The molecular weight excluding hydrogens is 413 g/mol. The third kappa shape index (κ3) is 5.74. The monoisotopic (exact) mass is 439 g/mol. The molecular formula is C24H26FN3O2S. The molecule has 0 spiro atoms. The molecule has 7 heteroatoms. The van der Waals surface area contributed by atoms with E-state index in [9.17, 15) is 14.0 Å². The predicted octanol–water partition coefficient (Wildman–Crippen LogP) is 5.27. The minimum atomic E-state index is -0.390. The number of piperidine rings is 1. The Morgan fingerprint density at radius 1 is 1.13 bits per heavy atom. The normalized spacial score (nSPS) is 15.3. The SMILES string of the molecule is CC1CCN(Cc2ccc3nc(NC(=O)CCC(=O)c4ccc(F)cc4)sc3c2)CC1. The summed E-state index contributed by atoms with van der Waals surface area (Å²) in [6.45, 7) is 5.53. The highest BCUT2D eigenvalue weighted by Crippen LogP contribution is 2.28. The molecule has 31 heavy (non-hydrogen) atoms. The maximum absolute atomic E-state index is 13.0. The van der Waals surface area contributed by atoms with Crippen molar-refractivity contribution in [3.05, 3.63) is 59.4 Å². The maximum Gasteiger partial charge on any atom is 0.226 e. The van der Waals surface area contributed by atoms with Crippen LogP contribution >= 0.6 is 11.3 Å². The average molecular weight is 440 g/mol. The van der Waals surface area contributed by atoms with Gasteiger partial charge < -0.3 is 5.32 Å². The number of ketones is 1. The van der Waals surface area contributed by atoms with Crippen molar-refractivity contribution in [2.24, 2.45) is 5.92 Å². The molecule has 0 radical (unpaired) electrons. The van der Waals surface area contributed by atoms with Gasteiger partial charge in [0, 0.05) is 24.9 Å². The number of amides is 1. The zero-order valence-corrected chi connectivity index (χ0v) is 18.4. The van der Waals surface area contributed by atoms with Gasteiger partial charge in [-0.3, -0.25) is 14.5 Å². The van der Waals surface area contributed by atoms with Crippen LogP contribution in [0.2, 0.25) is 0 Å². The van der Waals surface area contributed by atoms with E-state index in [4.69, 9.17) is 0 Å². The smallest absolute Gasteiger partial charge is 0.226 e. The zero-order chi connectivity index (χ0) is 21.8. The molecule has 0 saturated carbocycles. The summed E-state index contributed by atoms with van der Waals surface area (Å²) in [6, 6.07) is 11.6. The number of halogens is 1. The lowest BCUT2D eigenvalue weighted by Gasteiger charge is -2.30. The van der Waals surface area contributed by atoms with Crippen LogP contribution in [0.25, 0.3) is 10.2 Å². The number of hydrogen-bond donors (Lipinski definition) is 1. The quantitative estimate of drug-likeness (QED) is 0.510. The number of thiazole rings is 1. The molecule has 1 fully saturated rings. The van der Waals surface area contributed by atoms with Crippen molar-refractivity contribution in [2.75, 3.05) is 18.4 Å². The lowest BCUT2D eigenvalue weighted by Crippen LogP contribution is -2.32. The van der Waals surface area contributed by atoms with Crippen molar-refractivity contribution in [3.63, 3.8) is 0 Å². The summed E-state index contributed by atoms with van der Waals surface area (Å²) in [5.74, 6) is -0.00966. The maximum atomic E-state index is 13.0. The molecule has 1 amide bonds. The number of benzene rings is 2. The van der Waals surface area contributed by atoms with E-state index >= 15 is 0 Å². The number of Topliss-reactive ketones (excluding diaryl/α,β-unsaturated/α-hetero) is 1. The van der Waals surface area contributed by atoms with Crippen molar-refractivity contribution >= 4 is 38.4 Å². The van der Waals surface area contributed by atoms with Gasteiger partial charge in [-0.1, -0.05) is 24.3 Å². The van der Waals surface area contributed by atoms with Crippen molar-refractivity contribution in [2.45, 2.75) is 39.2 Å². The first-order valence-electron chi connectivity index (χ1n) is 10.7. The lowest BCUT2D eigenvalue weighted by molar-refractivity contribution is -0.116. The second kappa shape index (κ2) is 9.66. The van der Waals surface area contributed by atoms with E-state index in [2.05, 4.69) is 34.3 Å². The minimum Gasteiger partial charge on any atom is -0.302 e. The van der Waals surface area contributed by atoms with E-state index in [0.717, 1.165) is 35.8 Å². The van der Waals surface area contributed by atoms with Crippen molar-refractivity contribution in [1.29, 1.82) is 0 Å². The molecule has 1 aliphatic heterocycles. The van der Waals surface area contributed by atoms with Crippen LogP contribution in [0.15, 0.2) is 42.5 Å². The number of fused-ring (bicyclic) bond motifs is 1. The number of nitrogens with one attached hydrogen (secondary N) is 1. The largest absolute Gasteiger partial charge is 0.302 e. The highest BCUT2D eigenvalue weighted by Gasteiger charge is 2.16. The second-order valence-corrected chi connectivity index (χ2v) is 9.29. The van der Waals surface area contributed by atoms with E-state index in [1.807, 2.05) is 6.07 Å². The Balaban J connectivity index is 1.32. The number of aromatic nitrogens is 1. The van der Waals surface area contributed by atoms with E-state index in [1.54, 1.807) is 0 Å². The molecule has 4 rings (SSSR count). The fraction of sp³-hybridized carbons (Fsp3) is 0.375. The topological polar surface area (TPSA) is 62.3 Å². The molecule has 1 saturated heterocycles. The van der Waals surface area contributed by atoms with Gasteiger partial charge in [0.2, 0.25) is 5.91 Å². The van der Waals surface area contributed by atoms with Crippen molar-refractivity contribution < 1.29 is 14.0 Å². The van der Waals surface area contributed by atoms with Crippen LogP contribution in [0, 0.1) is 11.7 Å². The molecule has 5 nitrogen and oxygen atoms in total. The Labute approximate surface area is 185 Å². The van der Waals surface area contributed by atoms with E-state index in [1.165, 1.54) is 54.0 Å². The highest BCUT2D eigenvalue weighted by atomic mass is 32.1. The number of anilines is 1. The summed E-state index contributed by atoms with van der Waals surface area (Å²) in [6.07, 6.45) is 2.64. The first-order chi connectivity index (χ1) is 15.0. The lowest BCUT2D eigenvalue weighted by atomic mass is 9.99. The Hall–Kier alpha value is -2.64. The fourth-order valence-electron chi connectivity index (χ4n) is 3.79. The molecule has 1 aromatic heterocycles. The summed E-state index contributed by atoms with van der Waals surface area (Å²) < 4.78 is 14.0. The number of rotatable bonds is 7. The van der Waals surface area contributed by atoms with Gasteiger partial charge in [0.25, 0.3) is 0 Å². The van der Waals surface area contributed by atoms with Gasteiger partial charge in [-0.25, -0.2) is 9.37 Å². The van der Waals surface area contributed by atoms with Crippen LogP contribution in [-0.4, -0.2) is 34.7 Å². The Morgan fingerprint density at radius 2 is 1.87 bits per heavy atom. The fourth-order valence-corrected chi connectivity index (χ4v) is 4.73. The van der Waals surface area contributed by atoms with E-state index < -0.39 is 0 Å². The van der Waals surface area contributed by atoms with E-state index in [0.29, 0.717) is 10.7 Å². The van der Waals surface area contributed by atoms with Gasteiger partial charge in [-0.15, -0.1) is 0 Å². The summed E-state index contributed by atoms with van der Waals surface area (Å²) in [7, 11) is 0. The van der Waals surface area contributed by atoms with Gasteiger partial charge in [0.15, 0.2) is 10.9 Å². The van der Waals surface area contributed by atoms with Crippen LogP contribution in [0.5, 0.6) is 0 Å². The Bertz CT molecular complexity index is 1070. The van der Waals surface area contributed by atoms with Gasteiger partial charge in [-0.2, -0.15) is 0 Å². The van der Waals surface area contributed by atoms with Crippen LogP contribution in [0.1, 0.15) is 48.5 Å². The highest BCUT2D eigenvalue weighted by molar-refractivity contribution is 7.22. The van der Waals surface area contributed by atoms with Gasteiger partial charge >= 0.3 is 0 Å². The van der Waals surface area contributed by atoms with Crippen molar-refractivity contribution in [3.8, 4) is 0 Å². The standard InChI is InChI=1S/C24H26FN3O2S/c1-16-10-12-28(13-11-16)15-17-2-7-20-22(14-17)31-24(26-20)27-23(30)9-8-21(29)18-3-5-19(25)6-4-18/h2-7,14,16H,8-13,15H2,1H3,(H,26,27,30). The second-order valence-electron chi connectivity index (χ2n) is 8.26.